The second kappa shape index (κ2) is 6.41. The zero-order valence-electron chi connectivity index (χ0n) is 11.6. The number of amides is 1. The molecule has 21 heavy (non-hydrogen) atoms. The lowest BCUT2D eigenvalue weighted by molar-refractivity contribution is -0.114. The number of hydrogen-bond donors (Lipinski definition) is 1. The van der Waals surface area contributed by atoms with Crippen molar-refractivity contribution in [1.29, 1.82) is 0 Å². The molecular formula is C16H14ClNO3. The molecule has 0 aliphatic carbocycles. The van der Waals surface area contributed by atoms with Gasteiger partial charge in [0.1, 0.15) is 5.75 Å². The average molecular weight is 304 g/mol. The van der Waals surface area contributed by atoms with Gasteiger partial charge >= 0.3 is 0 Å². The van der Waals surface area contributed by atoms with Crippen LogP contribution in [0.5, 0.6) is 5.75 Å². The molecule has 5 heteroatoms. The van der Waals surface area contributed by atoms with Crippen LogP contribution in [-0.4, -0.2) is 18.8 Å². The number of rotatable bonds is 4. The van der Waals surface area contributed by atoms with E-state index < -0.39 is 0 Å². The van der Waals surface area contributed by atoms with Crippen molar-refractivity contribution in [2.45, 2.75) is 6.92 Å². The van der Waals surface area contributed by atoms with Crippen molar-refractivity contribution in [3.8, 4) is 5.75 Å². The highest BCUT2D eigenvalue weighted by Crippen LogP contribution is 2.30. The topological polar surface area (TPSA) is 55.4 Å². The molecule has 1 N–H and O–H groups in total. The number of methoxy groups -OCH3 is 1. The first-order valence-electron chi connectivity index (χ1n) is 6.27. The van der Waals surface area contributed by atoms with Gasteiger partial charge in [0.2, 0.25) is 5.91 Å². The molecule has 2 aromatic carbocycles. The van der Waals surface area contributed by atoms with Crippen molar-refractivity contribution in [2.75, 3.05) is 12.4 Å². The normalized spacial score (nSPS) is 10.0. The van der Waals surface area contributed by atoms with Crippen molar-refractivity contribution in [2.24, 2.45) is 0 Å². The second-order valence-corrected chi connectivity index (χ2v) is 4.84. The highest BCUT2D eigenvalue weighted by Gasteiger charge is 2.18. The van der Waals surface area contributed by atoms with E-state index in [1.165, 1.54) is 14.0 Å². The first-order valence-corrected chi connectivity index (χ1v) is 6.65. The summed E-state index contributed by atoms with van der Waals surface area (Å²) in [5, 5.41) is 3.20. The quantitative estimate of drug-likeness (QED) is 0.879. The predicted molar refractivity (Wildman–Crippen MR) is 82.2 cm³/mol. The molecule has 0 fully saturated rings. The molecule has 4 nitrogen and oxygen atoms in total. The Morgan fingerprint density at radius 2 is 1.76 bits per heavy atom. The van der Waals surface area contributed by atoms with Crippen molar-refractivity contribution >= 4 is 29.0 Å². The summed E-state index contributed by atoms with van der Waals surface area (Å²) in [5.41, 5.74) is 1.22. The number of carbonyl (C=O) groups excluding carboxylic acids is 2. The highest BCUT2D eigenvalue weighted by molar-refractivity contribution is 6.30. The Bertz CT molecular complexity index is 680. The number of carbonyl (C=O) groups is 2. The van der Waals surface area contributed by atoms with Crippen molar-refractivity contribution in [3.63, 3.8) is 0 Å². The fourth-order valence-corrected chi connectivity index (χ4v) is 2.08. The maximum atomic E-state index is 12.6. The minimum atomic E-state index is -0.273. The lowest BCUT2D eigenvalue weighted by Crippen LogP contribution is -2.13. The van der Waals surface area contributed by atoms with E-state index >= 15 is 0 Å². The van der Waals surface area contributed by atoms with Crippen molar-refractivity contribution in [3.05, 3.63) is 58.6 Å². The highest BCUT2D eigenvalue weighted by atomic mass is 35.5. The zero-order chi connectivity index (χ0) is 15.4. The number of halogens is 1. The zero-order valence-corrected chi connectivity index (χ0v) is 12.4. The standard InChI is InChI=1S/C16H14ClNO3/c1-10(19)18-15-13(4-3-5-14(15)21-2)16(20)11-6-8-12(17)9-7-11/h3-9H,1-2H3,(H,18,19). The van der Waals surface area contributed by atoms with Crippen LogP contribution in [0.15, 0.2) is 42.5 Å². The van der Waals surface area contributed by atoms with Gasteiger partial charge in [0.25, 0.3) is 0 Å². The molecule has 0 aliphatic rings. The van der Waals surface area contributed by atoms with Gasteiger partial charge in [-0.2, -0.15) is 0 Å². The molecule has 0 unspecified atom stereocenters. The average Bonchev–Trinajstić information content (AvgIpc) is 2.47. The number of nitrogens with one attached hydrogen (secondary N) is 1. The Balaban J connectivity index is 2.49. The van der Waals surface area contributed by atoms with Crippen LogP contribution < -0.4 is 10.1 Å². The first-order chi connectivity index (χ1) is 10.0. The monoisotopic (exact) mass is 303 g/mol. The van der Waals surface area contributed by atoms with E-state index in [1.807, 2.05) is 0 Å². The number of hydrogen-bond acceptors (Lipinski definition) is 3. The molecule has 0 aliphatic heterocycles. The molecule has 0 saturated carbocycles. The fraction of sp³-hybridized carbons (Fsp3) is 0.125. The van der Waals surface area contributed by atoms with Crippen LogP contribution >= 0.6 is 11.6 Å². The summed E-state index contributed by atoms with van der Waals surface area (Å²) in [5.74, 6) is -0.0519. The van der Waals surface area contributed by atoms with Gasteiger partial charge in [-0.25, -0.2) is 0 Å². The minimum Gasteiger partial charge on any atom is -0.495 e. The molecule has 108 valence electrons. The molecule has 0 aromatic heterocycles. The largest absolute Gasteiger partial charge is 0.495 e. The van der Waals surface area contributed by atoms with Gasteiger partial charge in [-0.1, -0.05) is 17.7 Å². The van der Waals surface area contributed by atoms with Crippen LogP contribution in [0.25, 0.3) is 0 Å². The van der Waals surface area contributed by atoms with Crippen LogP contribution in [0.3, 0.4) is 0 Å². The Labute approximate surface area is 127 Å². The van der Waals surface area contributed by atoms with E-state index in [0.717, 1.165) is 0 Å². The summed E-state index contributed by atoms with van der Waals surface area (Å²) >= 11 is 5.82. The van der Waals surface area contributed by atoms with Crippen LogP contribution in [0.1, 0.15) is 22.8 Å². The first kappa shape index (κ1) is 15.1. The summed E-state index contributed by atoms with van der Waals surface area (Å²) in [6.45, 7) is 1.38. The van der Waals surface area contributed by atoms with Crippen molar-refractivity contribution in [1.82, 2.24) is 0 Å². The second-order valence-electron chi connectivity index (χ2n) is 4.40. The molecule has 1 amide bonds. The van der Waals surface area contributed by atoms with E-state index in [-0.39, 0.29) is 11.7 Å². The number of para-hydroxylation sites is 1. The van der Waals surface area contributed by atoms with E-state index in [9.17, 15) is 9.59 Å². The molecule has 0 heterocycles. The minimum absolute atomic E-state index is 0.214. The van der Waals surface area contributed by atoms with Crippen LogP contribution in [0.4, 0.5) is 5.69 Å². The number of benzene rings is 2. The SMILES string of the molecule is COc1cccc(C(=O)c2ccc(Cl)cc2)c1NC(C)=O. The third-order valence-corrected chi connectivity index (χ3v) is 3.15. The fourth-order valence-electron chi connectivity index (χ4n) is 1.95. The molecule has 0 atom stereocenters. The van der Waals surface area contributed by atoms with Gasteiger partial charge in [-0.3, -0.25) is 9.59 Å². The van der Waals surface area contributed by atoms with Crippen LogP contribution in [-0.2, 0) is 4.79 Å². The third kappa shape index (κ3) is 3.41. The third-order valence-electron chi connectivity index (χ3n) is 2.90. The van der Waals surface area contributed by atoms with Gasteiger partial charge in [-0.05, 0) is 36.4 Å². The van der Waals surface area contributed by atoms with Gasteiger partial charge in [0.05, 0.1) is 12.8 Å². The summed E-state index contributed by atoms with van der Waals surface area (Å²) < 4.78 is 5.20. The maximum Gasteiger partial charge on any atom is 0.221 e. The smallest absolute Gasteiger partial charge is 0.221 e. The molecule has 0 spiro atoms. The Hall–Kier alpha value is -2.33. The predicted octanol–water partition coefficient (Wildman–Crippen LogP) is 3.54. The number of anilines is 1. The summed E-state index contributed by atoms with van der Waals surface area (Å²) in [6.07, 6.45) is 0. The van der Waals surface area contributed by atoms with Crippen LogP contribution in [0, 0.1) is 0 Å². The molecule has 0 saturated heterocycles. The lowest BCUT2D eigenvalue weighted by Gasteiger charge is -2.13. The summed E-state index contributed by atoms with van der Waals surface area (Å²) in [6, 6.07) is 11.6. The number of ether oxygens (including phenoxy) is 1. The van der Waals surface area contributed by atoms with E-state index in [4.69, 9.17) is 16.3 Å². The van der Waals surface area contributed by atoms with Crippen LogP contribution in [0.2, 0.25) is 5.02 Å². The molecule has 0 bridgehead atoms. The van der Waals surface area contributed by atoms with Crippen molar-refractivity contribution < 1.29 is 14.3 Å². The Kier molecular flexibility index (Phi) is 4.60. The van der Waals surface area contributed by atoms with E-state index in [0.29, 0.717) is 27.6 Å². The number of ketones is 1. The molecular weight excluding hydrogens is 290 g/mol. The summed E-state index contributed by atoms with van der Waals surface area (Å²) in [7, 11) is 1.48. The van der Waals surface area contributed by atoms with Gasteiger partial charge in [0, 0.05) is 23.1 Å². The van der Waals surface area contributed by atoms with E-state index in [2.05, 4.69) is 5.32 Å². The van der Waals surface area contributed by atoms with Gasteiger partial charge in [-0.15, -0.1) is 0 Å². The Morgan fingerprint density at radius 3 is 2.33 bits per heavy atom. The Morgan fingerprint density at radius 1 is 1.10 bits per heavy atom. The molecule has 2 rings (SSSR count). The molecule has 2 aromatic rings. The molecule has 0 radical (unpaired) electrons. The van der Waals surface area contributed by atoms with Gasteiger partial charge < -0.3 is 10.1 Å². The van der Waals surface area contributed by atoms with Gasteiger partial charge in [0.15, 0.2) is 5.78 Å². The maximum absolute atomic E-state index is 12.6. The summed E-state index contributed by atoms with van der Waals surface area (Å²) in [4.78, 5) is 23.9. The van der Waals surface area contributed by atoms with E-state index in [1.54, 1.807) is 42.5 Å². The lowest BCUT2D eigenvalue weighted by atomic mass is 10.0.